The quantitative estimate of drug-likeness (QED) is 0.171. The van der Waals surface area contributed by atoms with E-state index in [9.17, 15) is 31.6 Å². The zero-order valence-electron chi connectivity index (χ0n) is 16.8. The Hall–Kier alpha value is -2.32. The monoisotopic (exact) mass is 516 g/mol. The van der Waals surface area contributed by atoms with Crippen LogP contribution in [0.3, 0.4) is 0 Å². The molecule has 0 heterocycles. The summed E-state index contributed by atoms with van der Waals surface area (Å²) in [7, 11) is -8.95. The van der Waals surface area contributed by atoms with E-state index in [1.165, 1.54) is 30.3 Å². The van der Waals surface area contributed by atoms with Gasteiger partial charge < -0.3 is 26.2 Å². The minimum Gasteiger partial charge on any atom is -0.872 e. The summed E-state index contributed by atoms with van der Waals surface area (Å²) in [5.74, 6) is -0.725. The smallest absolute Gasteiger partial charge is 0.872 e. The SMILES string of the molecule is Nc1ccc2c(O)cc(S(=O)(=O)O)cc2c1.Nc1ccc2c([O-])cc(S(=O)(=O)[O-])cc2c1.[Ca+2]. The van der Waals surface area contributed by atoms with E-state index in [4.69, 9.17) is 16.0 Å². The molecule has 4 aromatic rings. The van der Waals surface area contributed by atoms with Gasteiger partial charge in [0.15, 0.2) is 0 Å². The molecule has 0 aromatic heterocycles. The van der Waals surface area contributed by atoms with E-state index < -0.39 is 30.9 Å². The standard InChI is InChI=1S/2C10H9NO4S.Ca/c2*11-7-1-2-9-6(3-7)4-8(5-10(9)12)16(13,14)15;/h2*1-5,12H,11H2,(H,13,14,15);/q;;+2/p-2. The van der Waals surface area contributed by atoms with Crippen LogP contribution < -0.4 is 16.6 Å². The van der Waals surface area contributed by atoms with Gasteiger partial charge >= 0.3 is 37.7 Å². The molecule has 0 spiro atoms. The van der Waals surface area contributed by atoms with Crippen LogP contribution in [-0.4, -0.2) is 68.8 Å². The second-order valence-electron chi connectivity index (χ2n) is 6.75. The Balaban J connectivity index is 0.000000227. The van der Waals surface area contributed by atoms with Crippen molar-refractivity contribution in [3.05, 3.63) is 60.7 Å². The third kappa shape index (κ3) is 6.38. The summed E-state index contributed by atoms with van der Waals surface area (Å²) in [6.07, 6.45) is 0. The van der Waals surface area contributed by atoms with Crippen LogP contribution in [0.4, 0.5) is 11.4 Å². The first-order valence-corrected chi connectivity index (χ1v) is 11.6. The van der Waals surface area contributed by atoms with Crippen LogP contribution in [0.15, 0.2) is 70.5 Å². The van der Waals surface area contributed by atoms with E-state index in [-0.39, 0.29) is 48.4 Å². The summed E-state index contributed by atoms with van der Waals surface area (Å²) >= 11 is 0. The number of benzene rings is 4. The average Bonchev–Trinajstić information content (AvgIpc) is 2.66. The predicted molar refractivity (Wildman–Crippen MR) is 121 cm³/mol. The summed E-state index contributed by atoms with van der Waals surface area (Å²) in [4.78, 5) is -0.890. The molecule has 0 saturated carbocycles. The minimum atomic E-state index is -4.62. The van der Waals surface area contributed by atoms with Gasteiger partial charge in [-0.1, -0.05) is 17.9 Å². The van der Waals surface area contributed by atoms with Gasteiger partial charge in [-0.15, -0.1) is 0 Å². The molecule has 0 aliphatic heterocycles. The maximum atomic E-state index is 11.5. The van der Waals surface area contributed by atoms with Crippen molar-refractivity contribution in [1.29, 1.82) is 0 Å². The molecule has 33 heavy (non-hydrogen) atoms. The first-order valence-electron chi connectivity index (χ1n) is 8.71. The van der Waals surface area contributed by atoms with Crippen molar-refractivity contribution in [2.75, 3.05) is 11.5 Å². The van der Waals surface area contributed by atoms with Crippen LogP contribution in [0.5, 0.6) is 11.5 Å². The number of fused-ring (bicyclic) bond motifs is 2. The molecule has 0 saturated heterocycles. The molecule has 4 rings (SSSR count). The minimum absolute atomic E-state index is 0. The number of aromatic hydroxyl groups is 1. The molecule has 0 unspecified atom stereocenters. The molecular weight excluding hydrogens is 500 g/mol. The largest absolute Gasteiger partial charge is 2.00 e. The number of phenolic OH excluding ortho intramolecular Hbond substituents is 1. The van der Waals surface area contributed by atoms with Crippen LogP contribution in [0, 0.1) is 0 Å². The summed E-state index contributed by atoms with van der Waals surface area (Å²) in [6, 6.07) is 13.4. The zero-order chi connectivity index (χ0) is 23.8. The van der Waals surface area contributed by atoms with Gasteiger partial charge in [0.25, 0.3) is 10.1 Å². The van der Waals surface area contributed by atoms with E-state index in [0.717, 1.165) is 18.2 Å². The topological polar surface area (TPSA) is 207 Å². The van der Waals surface area contributed by atoms with Crippen LogP contribution in [-0.2, 0) is 20.2 Å². The fourth-order valence-corrected chi connectivity index (χ4v) is 4.02. The van der Waals surface area contributed by atoms with Gasteiger partial charge in [-0.3, -0.25) is 4.55 Å². The van der Waals surface area contributed by atoms with Crippen LogP contribution in [0.2, 0.25) is 0 Å². The predicted octanol–water partition coefficient (Wildman–Crippen LogP) is 1.39. The molecule has 0 amide bonds. The Morgan fingerprint density at radius 3 is 1.73 bits per heavy atom. The van der Waals surface area contributed by atoms with E-state index in [2.05, 4.69) is 0 Å². The first-order chi connectivity index (χ1) is 14.8. The average molecular weight is 517 g/mol. The molecule has 0 aliphatic carbocycles. The first kappa shape index (κ1) is 26.9. The van der Waals surface area contributed by atoms with Crippen molar-refractivity contribution in [2.24, 2.45) is 0 Å². The van der Waals surface area contributed by atoms with Crippen molar-refractivity contribution in [3.63, 3.8) is 0 Å². The Bertz CT molecular complexity index is 1450. The van der Waals surface area contributed by atoms with Gasteiger partial charge in [0, 0.05) is 22.8 Å². The van der Waals surface area contributed by atoms with Crippen molar-refractivity contribution in [3.8, 4) is 11.5 Å². The van der Waals surface area contributed by atoms with Gasteiger partial charge in [-0.25, -0.2) is 8.42 Å². The third-order valence-corrected chi connectivity index (χ3v) is 6.07. The zero-order valence-corrected chi connectivity index (χ0v) is 20.6. The van der Waals surface area contributed by atoms with Gasteiger partial charge in [0.1, 0.15) is 15.9 Å². The maximum absolute atomic E-state index is 11.5. The summed E-state index contributed by atoms with van der Waals surface area (Å²) in [5.41, 5.74) is 11.9. The number of hydrogen-bond donors (Lipinski definition) is 4. The number of anilines is 2. The van der Waals surface area contributed by atoms with Gasteiger partial charge in [-0.2, -0.15) is 8.42 Å². The van der Waals surface area contributed by atoms with Crippen molar-refractivity contribution < 1.29 is 36.2 Å². The second-order valence-corrected chi connectivity index (χ2v) is 9.56. The van der Waals surface area contributed by atoms with Gasteiger partial charge in [-0.05, 0) is 58.6 Å². The number of rotatable bonds is 2. The Morgan fingerprint density at radius 1 is 0.727 bits per heavy atom. The number of phenols is 1. The Labute approximate surface area is 218 Å². The maximum Gasteiger partial charge on any atom is 2.00 e. The number of nitrogen functional groups attached to an aromatic ring is 2. The molecule has 0 atom stereocenters. The molecule has 0 fully saturated rings. The second kappa shape index (κ2) is 9.89. The molecule has 13 heteroatoms. The molecule has 0 bridgehead atoms. The van der Waals surface area contributed by atoms with Gasteiger partial charge in [0.05, 0.1) is 9.79 Å². The van der Waals surface area contributed by atoms with E-state index in [0.29, 0.717) is 32.9 Å². The molecule has 0 aliphatic rings. The molecule has 4 aromatic carbocycles. The third-order valence-electron chi connectivity index (χ3n) is 4.43. The van der Waals surface area contributed by atoms with E-state index >= 15 is 0 Å². The fraction of sp³-hybridized carbons (Fsp3) is 0. The van der Waals surface area contributed by atoms with Crippen molar-refractivity contribution in [2.45, 2.75) is 9.79 Å². The number of nitrogens with two attached hydrogens (primary N) is 2. The van der Waals surface area contributed by atoms with E-state index in [1.807, 2.05) is 0 Å². The van der Waals surface area contributed by atoms with Crippen LogP contribution >= 0.6 is 0 Å². The fourth-order valence-electron chi connectivity index (χ4n) is 2.96. The molecule has 10 nitrogen and oxygen atoms in total. The Morgan fingerprint density at radius 2 is 1.21 bits per heavy atom. The summed E-state index contributed by atoms with van der Waals surface area (Å²) in [6.45, 7) is 0. The van der Waals surface area contributed by atoms with Crippen molar-refractivity contribution >= 4 is 90.9 Å². The molecule has 0 radical (unpaired) electrons. The van der Waals surface area contributed by atoms with E-state index in [1.54, 1.807) is 12.1 Å². The number of hydrogen-bond acceptors (Lipinski definition) is 9. The summed E-state index contributed by atoms with van der Waals surface area (Å²) < 4.78 is 63.1. The van der Waals surface area contributed by atoms with Crippen LogP contribution in [0.25, 0.3) is 21.5 Å². The molecule has 168 valence electrons. The van der Waals surface area contributed by atoms with Crippen LogP contribution in [0.1, 0.15) is 0 Å². The van der Waals surface area contributed by atoms with Crippen molar-refractivity contribution in [1.82, 2.24) is 0 Å². The summed E-state index contributed by atoms with van der Waals surface area (Å²) in [5, 5.41) is 22.7. The molecule has 6 N–H and O–H groups in total. The molecular formula is C20H16CaN2O8S2. The normalized spacial score (nSPS) is 11.5. The van der Waals surface area contributed by atoms with Gasteiger partial charge in [0.2, 0.25) is 0 Å². The Kier molecular flexibility index (Phi) is 8.07.